The largest absolute Gasteiger partial charge is 0.464 e. The van der Waals surface area contributed by atoms with Crippen LogP contribution in [0.15, 0.2) is 17.8 Å². The number of methoxy groups -OCH3 is 1. The van der Waals surface area contributed by atoms with E-state index in [0.29, 0.717) is 23.4 Å². The summed E-state index contributed by atoms with van der Waals surface area (Å²) in [6.45, 7) is 7.52. The maximum atomic E-state index is 12.7. The Morgan fingerprint density at radius 2 is 2.04 bits per heavy atom. The number of hydrogen-bond donors (Lipinski definition) is 2. The topological polar surface area (TPSA) is 113 Å². The molecule has 0 aliphatic carbocycles. The normalized spacial score (nSPS) is 17.7. The molecule has 2 heterocycles. The fraction of sp³-hybridized carbons (Fsp3) is 0.471. The molecule has 0 saturated heterocycles. The number of nitrogen functional groups attached to an aromatic ring is 1. The number of nitrogens with one attached hydrogen (secondary N) is 1. The first-order valence-corrected chi connectivity index (χ1v) is 7.83. The fourth-order valence-electron chi connectivity index (χ4n) is 2.36. The summed E-state index contributed by atoms with van der Waals surface area (Å²) >= 11 is 0. The Morgan fingerprint density at radius 3 is 2.64 bits per heavy atom. The average Bonchev–Trinajstić information content (AvgIpc) is 2.52. The van der Waals surface area contributed by atoms with Crippen molar-refractivity contribution in [1.82, 2.24) is 10.5 Å². The summed E-state index contributed by atoms with van der Waals surface area (Å²) in [5, 5.41) is 0. The van der Waals surface area contributed by atoms with Crippen molar-refractivity contribution >= 4 is 23.3 Å². The third-order valence-electron chi connectivity index (χ3n) is 3.49. The Balaban J connectivity index is 2.57. The quantitative estimate of drug-likeness (QED) is 0.793. The minimum Gasteiger partial charge on any atom is -0.464 e. The van der Waals surface area contributed by atoms with Gasteiger partial charge >= 0.3 is 11.9 Å². The number of pyridine rings is 1. The van der Waals surface area contributed by atoms with Crippen molar-refractivity contribution in [1.29, 1.82) is 0 Å². The number of rotatable bonds is 3. The molecule has 1 aliphatic rings. The van der Waals surface area contributed by atoms with Gasteiger partial charge in [-0.2, -0.15) is 0 Å². The van der Waals surface area contributed by atoms with Crippen LogP contribution in [0.2, 0.25) is 0 Å². The van der Waals surface area contributed by atoms with Crippen molar-refractivity contribution in [3.8, 4) is 0 Å². The first kappa shape index (κ1) is 18.7. The lowest BCUT2D eigenvalue weighted by Crippen LogP contribution is -2.34. The molecular formula is C17H23N3O5. The summed E-state index contributed by atoms with van der Waals surface area (Å²) in [6.07, 6.45) is 1.34. The molecule has 136 valence electrons. The summed E-state index contributed by atoms with van der Waals surface area (Å²) in [4.78, 5) is 33.7. The van der Waals surface area contributed by atoms with Gasteiger partial charge in [-0.15, -0.1) is 0 Å². The Hall–Kier alpha value is -2.61. The highest BCUT2D eigenvalue weighted by Crippen LogP contribution is 2.31. The van der Waals surface area contributed by atoms with Crippen molar-refractivity contribution in [3.05, 3.63) is 29.1 Å². The van der Waals surface area contributed by atoms with E-state index in [1.807, 2.05) is 6.92 Å². The molecule has 3 N–H and O–H groups in total. The number of esters is 2. The third-order valence-corrected chi connectivity index (χ3v) is 3.49. The standard InChI is InChI=1S/C17H23N3O5/c1-9-8-24-20-14(13(9)16(22)25-17(2,3)4)10-6-12(15(21)23-5)19-7-11(10)18/h6-7,9,20H,8,18H2,1-5H3/t9-/m1/s1. The number of ether oxygens (including phenoxy) is 2. The molecule has 8 nitrogen and oxygen atoms in total. The SMILES string of the molecule is COC(=O)c1cc(C2=C(C(=O)OC(C)(C)C)[C@H](C)CON2)c(N)cn1. The number of nitrogens with two attached hydrogens (primary N) is 1. The number of aromatic nitrogens is 1. The molecular weight excluding hydrogens is 326 g/mol. The highest BCUT2D eigenvalue weighted by Gasteiger charge is 2.32. The smallest absolute Gasteiger partial charge is 0.356 e. The minimum absolute atomic E-state index is 0.0720. The van der Waals surface area contributed by atoms with Gasteiger partial charge in [0.05, 0.1) is 36.9 Å². The van der Waals surface area contributed by atoms with Crippen molar-refractivity contribution in [3.63, 3.8) is 0 Å². The Kier molecular flexibility index (Phi) is 5.32. The van der Waals surface area contributed by atoms with E-state index in [-0.39, 0.29) is 17.3 Å². The highest BCUT2D eigenvalue weighted by molar-refractivity contribution is 6.00. The van der Waals surface area contributed by atoms with Crippen LogP contribution >= 0.6 is 0 Å². The predicted octanol–water partition coefficient (Wildman–Crippen LogP) is 1.67. The maximum Gasteiger partial charge on any atom is 0.356 e. The summed E-state index contributed by atoms with van der Waals surface area (Å²) in [7, 11) is 1.26. The van der Waals surface area contributed by atoms with Gasteiger partial charge in [0, 0.05) is 11.5 Å². The van der Waals surface area contributed by atoms with Crippen LogP contribution in [0.25, 0.3) is 5.70 Å². The average molecular weight is 349 g/mol. The van der Waals surface area contributed by atoms with Crippen LogP contribution in [0, 0.1) is 5.92 Å². The molecule has 1 aliphatic heterocycles. The Bertz CT molecular complexity index is 721. The number of carbonyl (C=O) groups is 2. The van der Waals surface area contributed by atoms with Crippen LogP contribution in [0.1, 0.15) is 43.7 Å². The molecule has 0 radical (unpaired) electrons. The molecule has 8 heteroatoms. The first-order valence-electron chi connectivity index (χ1n) is 7.83. The third kappa shape index (κ3) is 4.27. The summed E-state index contributed by atoms with van der Waals surface area (Å²) in [5.41, 5.74) is 9.62. The van der Waals surface area contributed by atoms with Gasteiger partial charge < -0.3 is 15.2 Å². The molecule has 0 amide bonds. The van der Waals surface area contributed by atoms with Gasteiger partial charge in [0.15, 0.2) is 0 Å². The summed E-state index contributed by atoms with van der Waals surface area (Å²) < 4.78 is 10.2. The van der Waals surface area contributed by atoms with E-state index in [1.54, 1.807) is 20.8 Å². The zero-order valence-electron chi connectivity index (χ0n) is 15.0. The van der Waals surface area contributed by atoms with E-state index in [2.05, 4.69) is 15.2 Å². The van der Waals surface area contributed by atoms with Crippen LogP contribution in [0.3, 0.4) is 0 Å². The molecule has 1 aromatic rings. The Labute approximate surface area is 146 Å². The van der Waals surface area contributed by atoms with Gasteiger partial charge in [-0.05, 0) is 26.8 Å². The van der Waals surface area contributed by atoms with Crippen molar-refractivity contribution in [2.24, 2.45) is 5.92 Å². The van der Waals surface area contributed by atoms with Gasteiger partial charge in [-0.1, -0.05) is 6.92 Å². The van der Waals surface area contributed by atoms with Crippen LogP contribution in [-0.4, -0.2) is 36.2 Å². The lowest BCUT2D eigenvalue weighted by molar-refractivity contribution is -0.151. The lowest BCUT2D eigenvalue weighted by atomic mass is 9.94. The zero-order valence-corrected chi connectivity index (χ0v) is 15.0. The Morgan fingerprint density at radius 1 is 1.36 bits per heavy atom. The van der Waals surface area contributed by atoms with Gasteiger partial charge in [0.25, 0.3) is 0 Å². The number of hydrogen-bond acceptors (Lipinski definition) is 8. The number of hydroxylamine groups is 1. The van der Waals surface area contributed by atoms with Crippen LogP contribution in [0.5, 0.6) is 0 Å². The van der Waals surface area contributed by atoms with Crippen molar-refractivity contribution < 1.29 is 23.9 Å². The van der Waals surface area contributed by atoms with Gasteiger partial charge in [-0.3, -0.25) is 10.3 Å². The molecule has 2 rings (SSSR count). The van der Waals surface area contributed by atoms with E-state index in [0.717, 1.165) is 0 Å². The second-order valence-corrected chi connectivity index (χ2v) is 6.75. The van der Waals surface area contributed by atoms with Crippen molar-refractivity contribution in [2.75, 3.05) is 19.5 Å². The number of carbonyl (C=O) groups excluding carboxylic acids is 2. The molecule has 0 aromatic carbocycles. The monoisotopic (exact) mass is 349 g/mol. The second kappa shape index (κ2) is 7.10. The van der Waals surface area contributed by atoms with Crippen molar-refractivity contribution in [2.45, 2.75) is 33.3 Å². The van der Waals surface area contributed by atoms with Gasteiger partial charge in [0.2, 0.25) is 0 Å². The first-order chi connectivity index (χ1) is 11.6. The summed E-state index contributed by atoms with van der Waals surface area (Å²) in [5.74, 6) is -1.30. The molecule has 0 fully saturated rings. The van der Waals surface area contributed by atoms with Crippen LogP contribution < -0.4 is 11.2 Å². The second-order valence-electron chi connectivity index (χ2n) is 6.75. The zero-order chi connectivity index (χ0) is 18.8. The van der Waals surface area contributed by atoms with Gasteiger partial charge in [0.1, 0.15) is 11.3 Å². The number of nitrogens with zero attached hydrogens (tertiary/aromatic N) is 1. The lowest BCUT2D eigenvalue weighted by Gasteiger charge is -2.29. The van der Waals surface area contributed by atoms with E-state index in [4.69, 9.17) is 15.3 Å². The fourth-order valence-corrected chi connectivity index (χ4v) is 2.36. The molecule has 0 bridgehead atoms. The molecule has 0 saturated carbocycles. The van der Waals surface area contributed by atoms with Crippen LogP contribution in [0.4, 0.5) is 5.69 Å². The van der Waals surface area contributed by atoms with E-state index in [1.165, 1.54) is 19.4 Å². The highest BCUT2D eigenvalue weighted by atomic mass is 16.6. The minimum atomic E-state index is -0.645. The molecule has 1 atom stereocenters. The molecule has 0 spiro atoms. The predicted molar refractivity (Wildman–Crippen MR) is 91.0 cm³/mol. The molecule has 25 heavy (non-hydrogen) atoms. The van der Waals surface area contributed by atoms with Crippen LogP contribution in [-0.2, 0) is 19.1 Å². The van der Waals surface area contributed by atoms with Gasteiger partial charge in [-0.25, -0.2) is 14.6 Å². The van der Waals surface area contributed by atoms with E-state index in [9.17, 15) is 9.59 Å². The summed E-state index contributed by atoms with van der Waals surface area (Å²) in [6, 6.07) is 1.45. The molecule has 0 unspecified atom stereocenters. The number of anilines is 1. The van der Waals surface area contributed by atoms with E-state index >= 15 is 0 Å². The molecule has 1 aromatic heterocycles. The maximum absolute atomic E-state index is 12.7. The van der Waals surface area contributed by atoms with E-state index < -0.39 is 17.5 Å².